The van der Waals surface area contributed by atoms with Crippen molar-refractivity contribution in [2.45, 2.75) is 53.1 Å². The summed E-state index contributed by atoms with van der Waals surface area (Å²) in [4.78, 5) is 31.0. The molecule has 0 saturated heterocycles. The lowest BCUT2D eigenvalue weighted by Crippen LogP contribution is -2.27. The maximum atomic E-state index is 10.5. The Labute approximate surface area is 129 Å². The van der Waals surface area contributed by atoms with Crippen molar-refractivity contribution in [3.63, 3.8) is 0 Å². The highest BCUT2D eigenvalue weighted by Gasteiger charge is 2.12. The molecule has 0 saturated carbocycles. The molecule has 0 aliphatic carbocycles. The van der Waals surface area contributed by atoms with Crippen LogP contribution in [-0.4, -0.2) is 33.4 Å². The van der Waals surface area contributed by atoms with Crippen LogP contribution in [0.1, 0.15) is 47.5 Å². The van der Waals surface area contributed by atoms with E-state index in [-0.39, 0.29) is 10.2 Å². The van der Waals surface area contributed by atoms with Gasteiger partial charge in [-0.2, -0.15) is 0 Å². The molecule has 0 rings (SSSR count). The van der Waals surface area contributed by atoms with Gasteiger partial charge in [0.2, 0.25) is 0 Å². The summed E-state index contributed by atoms with van der Waals surface area (Å²) in [6.07, 6.45) is 1.31. The van der Waals surface area contributed by atoms with E-state index in [1.165, 1.54) is 23.5 Å². The van der Waals surface area contributed by atoms with E-state index >= 15 is 0 Å². The van der Waals surface area contributed by atoms with Crippen LogP contribution < -0.4 is 5.73 Å². The number of carbonyl (C=O) groups is 3. The number of hydrogen-bond donors (Lipinski definition) is 1. The molecular weight excluding hydrogens is 298 g/mol. The lowest BCUT2D eigenvalue weighted by molar-refractivity contribution is -0.109. The van der Waals surface area contributed by atoms with E-state index in [9.17, 15) is 14.4 Å². The van der Waals surface area contributed by atoms with Gasteiger partial charge in [0.1, 0.15) is 5.60 Å². The first kappa shape index (κ1) is 21.6. The quantitative estimate of drug-likeness (QED) is 0.782. The van der Waals surface area contributed by atoms with Crippen LogP contribution in [-0.2, 0) is 14.3 Å². The number of carbonyl (C=O) groups excluding carboxylic acids is 3. The largest absolute Gasteiger partial charge is 0.444 e. The topological polar surface area (TPSA) is 86.5 Å². The molecule has 0 fully saturated rings. The Kier molecular flexibility index (Phi) is 13.1. The predicted molar refractivity (Wildman–Crippen MR) is 85.9 cm³/mol. The third kappa shape index (κ3) is 26.0. The molecule has 0 aliphatic heterocycles. The molecule has 0 spiro atoms. The molecule has 20 heavy (non-hydrogen) atoms. The van der Waals surface area contributed by atoms with Gasteiger partial charge in [-0.25, -0.2) is 4.79 Å². The number of ether oxygens (including phenoxy) is 1. The first-order chi connectivity index (χ1) is 9.04. The highest BCUT2D eigenvalue weighted by molar-refractivity contribution is 8.13. The molecule has 1 amide bonds. The zero-order valence-corrected chi connectivity index (χ0v) is 14.5. The second-order valence-corrected chi connectivity index (χ2v) is 7.46. The molecule has 0 aromatic rings. The van der Waals surface area contributed by atoms with Crippen LogP contribution >= 0.6 is 23.5 Å². The predicted octanol–water partition coefficient (Wildman–Crippen LogP) is 3.21. The summed E-state index contributed by atoms with van der Waals surface area (Å²) < 4.78 is 4.58. The molecule has 0 radical (unpaired) electrons. The number of amides is 1. The molecule has 2 N–H and O–H groups in total. The highest BCUT2D eigenvalue weighted by Crippen LogP contribution is 2.09. The van der Waals surface area contributed by atoms with E-state index in [0.717, 1.165) is 24.3 Å². The Morgan fingerprint density at radius 2 is 1.30 bits per heavy atom. The summed E-state index contributed by atoms with van der Waals surface area (Å²) >= 11 is 2.71. The average Bonchev–Trinajstić information content (AvgIpc) is 2.19. The lowest BCUT2D eigenvalue weighted by atomic mass is 10.2. The van der Waals surface area contributed by atoms with Crippen LogP contribution in [0.15, 0.2) is 0 Å². The average molecular weight is 323 g/mol. The first-order valence-corrected chi connectivity index (χ1v) is 8.27. The van der Waals surface area contributed by atoms with Crippen molar-refractivity contribution in [2.75, 3.05) is 11.5 Å². The van der Waals surface area contributed by atoms with Crippen LogP contribution in [0.2, 0.25) is 0 Å². The van der Waals surface area contributed by atoms with Crippen LogP contribution in [0, 0.1) is 0 Å². The molecule has 7 heteroatoms. The minimum atomic E-state index is -0.725. The van der Waals surface area contributed by atoms with Crippen LogP contribution in [0.5, 0.6) is 0 Å². The fraction of sp³-hybridized carbons (Fsp3) is 0.769. The van der Waals surface area contributed by atoms with Crippen molar-refractivity contribution in [1.29, 1.82) is 0 Å². The van der Waals surface area contributed by atoms with E-state index in [4.69, 9.17) is 5.73 Å². The van der Waals surface area contributed by atoms with Gasteiger partial charge in [-0.15, -0.1) is 0 Å². The maximum absolute atomic E-state index is 10.5. The van der Waals surface area contributed by atoms with Gasteiger partial charge in [0.05, 0.1) is 0 Å². The molecule has 0 aliphatic rings. The molecule has 0 bridgehead atoms. The third-order valence-electron chi connectivity index (χ3n) is 1.56. The van der Waals surface area contributed by atoms with E-state index in [0.29, 0.717) is 0 Å². The molecule has 0 atom stereocenters. The second kappa shape index (κ2) is 12.1. The normalized spacial score (nSPS) is 10.2. The number of thioether (sulfide) groups is 2. The standard InChI is InChI=1S/C8H14O2S2.C5H11NO2/c1-7(9)11-5-3-4-6-12-8(2)10;1-5(2,3)8-4(6)7/h3-6H2,1-2H3;1-3H3,(H2,6,7). The smallest absolute Gasteiger partial charge is 0.405 e. The summed E-state index contributed by atoms with van der Waals surface area (Å²) in [5.74, 6) is 1.77. The molecular formula is C13H25NO4S2. The Morgan fingerprint density at radius 3 is 1.45 bits per heavy atom. The minimum absolute atomic E-state index is 0.175. The van der Waals surface area contributed by atoms with Gasteiger partial charge in [0.25, 0.3) is 0 Å². The van der Waals surface area contributed by atoms with E-state index in [1.807, 2.05) is 0 Å². The summed E-state index contributed by atoms with van der Waals surface area (Å²) in [5.41, 5.74) is 4.26. The Bertz CT molecular complexity index is 296. The number of unbranched alkanes of at least 4 members (excludes halogenated alkanes) is 1. The molecule has 5 nitrogen and oxygen atoms in total. The van der Waals surface area contributed by atoms with Crippen molar-refractivity contribution < 1.29 is 19.1 Å². The highest BCUT2D eigenvalue weighted by atomic mass is 32.2. The van der Waals surface area contributed by atoms with Gasteiger partial charge < -0.3 is 10.5 Å². The fourth-order valence-corrected chi connectivity index (χ4v) is 2.21. The molecule has 118 valence electrons. The molecule has 0 aromatic heterocycles. The van der Waals surface area contributed by atoms with Crippen molar-refractivity contribution in [1.82, 2.24) is 0 Å². The monoisotopic (exact) mass is 323 g/mol. The van der Waals surface area contributed by atoms with Gasteiger partial charge in [0, 0.05) is 25.4 Å². The Hall–Kier alpha value is -0.690. The van der Waals surface area contributed by atoms with Gasteiger partial charge in [-0.1, -0.05) is 23.5 Å². The van der Waals surface area contributed by atoms with E-state index in [2.05, 4.69) is 4.74 Å². The van der Waals surface area contributed by atoms with Crippen molar-refractivity contribution >= 4 is 39.8 Å². The Balaban J connectivity index is 0. The zero-order chi connectivity index (χ0) is 16.2. The number of rotatable bonds is 5. The molecule has 0 unspecified atom stereocenters. The van der Waals surface area contributed by atoms with Crippen molar-refractivity contribution in [3.8, 4) is 0 Å². The van der Waals surface area contributed by atoms with Crippen molar-refractivity contribution in [2.24, 2.45) is 5.73 Å². The van der Waals surface area contributed by atoms with Gasteiger partial charge in [0.15, 0.2) is 10.2 Å². The van der Waals surface area contributed by atoms with Crippen LogP contribution in [0.3, 0.4) is 0 Å². The molecule has 0 heterocycles. The SMILES string of the molecule is CC(=O)SCCCCSC(C)=O.CC(C)(C)OC(N)=O. The van der Waals surface area contributed by atoms with E-state index < -0.39 is 11.7 Å². The second-order valence-electron chi connectivity index (χ2n) is 4.92. The van der Waals surface area contributed by atoms with Gasteiger partial charge >= 0.3 is 6.09 Å². The number of nitrogens with two attached hydrogens (primary N) is 1. The summed E-state index contributed by atoms with van der Waals surface area (Å²) in [6.45, 7) is 8.44. The molecule has 0 aromatic carbocycles. The summed E-state index contributed by atoms with van der Waals surface area (Å²) in [6, 6.07) is 0. The third-order valence-corrected chi connectivity index (χ3v) is 3.35. The van der Waals surface area contributed by atoms with Crippen LogP contribution in [0.25, 0.3) is 0 Å². The zero-order valence-electron chi connectivity index (χ0n) is 12.9. The minimum Gasteiger partial charge on any atom is -0.444 e. The van der Waals surface area contributed by atoms with E-state index in [1.54, 1.807) is 34.6 Å². The summed E-state index contributed by atoms with van der Waals surface area (Å²) in [5, 5.41) is 0.350. The lowest BCUT2D eigenvalue weighted by Gasteiger charge is -2.16. The maximum Gasteiger partial charge on any atom is 0.405 e. The van der Waals surface area contributed by atoms with Crippen molar-refractivity contribution in [3.05, 3.63) is 0 Å². The fourth-order valence-electron chi connectivity index (χ4n) is 0.938. The van der Waals surface area contributed by atoms with Gasteiger partial charge in [-0.05, 0) is 33.6 Å². The Morgan fingerprint density at radius 1 is 0.950 bits per heavy atom. The summed E-state index contributed by atoms with van der Waals surface area (Å²) in [7, 11) is 0. The van der Waals surface area contributed by atoms with Crippen LogP contribution in [0.4, 0.5) is 4.79 Å². The first-order valence-electron chi connectivity index (χ1n) is 6.29. The van der Waals surface area contributed by atoms with Gasteiger partial charge in [-0.3, -0.25) is 9.59 Å². The number of primary amides is 1. The number of hydrogen-bond acceptors (Lipinski definition) is 6.